The molecule has 86 valence electrons. The Morgan fingerprint density at radius 2 is 2.00 bits per heavy atom. The van der Waals surface area contributed by atoms with E-state index in [1.807, 2.05) is 0 Å². The maximum atomic E-state index is 11.5. The van der Waals surface area contributed by atoms with Crippen molar-refractivity contribution in [2.45, 2.75) is 6.92 Å². The zero-order valence-electron chi connectivity index (χ0n) is 9.24. The average molecular weight is 222 g/mol. The van der Waals surface area contributed by atoms with Gasteiger partial charge in [-0.15, -0.1) is 0 Å². The number of benzene rings is 1. The first kappa shape index (κ1) is 12.0. The predicted octanol–water partition coefficient (Wildman–Crippen LogP) is 1.61. The van der Waals surface area contributed by atoms with E-state index in [1.54, 1.807) is 31.2 Å². The molecule has 0 spiro atoms. The van der Waals surface area contributed by atoms with E-state index in [2.05, 4.69) is 10.6 Å². The van der Waals surface area contributed by atoms with Gasteiger partial charge in [0.2, 0.25) is 0 Å². The Morgan fingerprint density at radius 3 is 2.62 bits per heavy atom. The Kier molecular flexibility index (Phi) is 4.32. The van der Waals surface area contributed by atoms with Crippen LogP contribution < -0.4 is 10.6 Å². The lowest BCUT2D eigenvalue weighted by Crippen LogP contribution is -2.21. The summed E-state index contributed by atoms with van der Waals surface area (Å²) in [5.74, 6) is -0.257. The number of carbonyl (C=O) groups excluding carboxylic acids is 2. The highest BCUT2D eigenvalue weighted by Crippen LogP contribution is 2.14. The molecule has 5 heteroatoms. The Morgan fingerprint density at radius 1 is 1.31 bits per heavy atom. The van der Waals surface area contributed by atoms with Crippen LogP contribution in [0.5, 0.6) is 0 Å². The molecule has 0 fully saturated rings. The Balaban J connectivity index is 2.87. The quantitative estimate of drug-likeness (QED) is 0.816. The molecule has 16 heavy (non-hydrogen) atoms. The first-order valence-corrected chi connectivity index (χ1v) is 4.94. The minimum absolute atomic E-state index is 0.257. The summed E-state index contributed by atoms with van der Waals surface area (Å²) in [6.07, 6.45) is -0.571. The second-order valence-corrected chi connectivity index (χ2v) is 2.97. The van der Waals surface area contributed by atoms with Crippen LogP contribution in [0.4, 0.5) is 10.5 Å². The number of amides is 2. The van der Waals surface area contributed by atoms with Gasteiger partial charge < -0.3 is 10.1 Å². The van der Waals surface area contributed by atoms with E-state index in [0.717, 1.165) is 0 Å². The van der Waals surface area contributed by atoms with Gasteiger partial charge >= 0.3 is 6.09 Å². The van der Waals surface area contributed by atoms with E-state index in [4.69, 9.17) is 4.74 Å². The van der Waals surface area contributed by atoms with Gasteiger partial charge in [-0.2, -0.15) is 0 Å². The van der Waals surface area contributed by atoms with Crippen LogP contribution in [0.2, 0.25) is 0 Å². The SMILES string of the molecule is CCOC(=O)Nc1ccccc1C(=O)NC. The first-order chi connectivity index (χ1) is 7.69. The molecule has 0 bridgehead atoms. The van der Waals surface area contributed by atoms with E-state index >= 15 is 0 Å². The topological polar surface area (TPSA) is 67.4 Å². The molecule has 2 amide bonds. The van der Waals surface area contributed by atoms with Crippen LogP contribution >= 0.6 is 0 Å². The molecule has 0 saturated heterocycles. The van der Waals surface area contributed by atoms with Gasteiger partial charge in [-0.3, -0.25) is 10.1 Å². The summed E-state index contributed by atoms with van der Waals surface area (Å²) in [7, 11) is 1.53. The van der Waals surface area contributed by atoms with Gasteiger partial charge in [0.1, 0.15) is 0 Å². The van der Waals surface area contributed by atoms with Crippen LogP contribution in [0, 0.1) is 0 Å². The van der Waals surface area contributed by atoms with Crippen molar-refractivity contribution in [1.82, 2.24) is 5.32 Å². The third kappa shape index (κ3) is 2.98. The van der Waals surface area contributed by atoms with Crippen LogP contribution in [-0.2, 0) is 4.74 Å². The maximum Gasteiger partial charge on any atom is 0.411 e. The summed E-state index contributed by atoms with van der Waals surface area (Å²) in [5, 5.41) is 5.00. The number of anilines is 1. The van der Waals surface area contributed by atoms with E-state index < -0.39 is 6.09 Å². The third-order valence-electron chi connectivity index (χ3n) is 1.91. The van der Waals surface area contributed by atoms with Gasteiger partial charge in [-0.05, 0) is 19.1 Å². The molecule has 0 atom stereocenters. The van der Waals surface area contributed by atoms with Crippen LogP contribution in [0.25, 0.3) is 0 Å². The molecule has 0 heterocycles. The van der Waals surface area contributed by atoms with E-state index in [9.17, 15) is 9.59 Å². The molecule has 0 aliphatic carbocycles. The predicted molar refractivity (Wildman–Crippen MR) is 60.5 cm³/mol. The van der Waals surface area contributed by atoms with Crippen molar-refractivity contribution in [2.75, 3.05) is 19.0 Å². The molecule has 1 aromatic rings. The fourth-order valence-corrected chi connectivity index (χ4v) is 1.20. The molecule has 1 rings (SSSR count). The third-order valence-corrected chi connectivity index (χ3v) is 1.91. The number of ether oxygens (including phenoxy) is 1. The molecule has 1 aromatic carbocycles. The van der Waals surface area contributed by atoms with E-state index in [0.29, 0.717) is 11.3 Å². The second kappa shape index (κ2) is 5.75. The minimum atomic E-state index is -0.571. The molecule has 5 nitrogen and oxygen atoms in total. The fourth-order valence-electron chi connectivity index (χ4n) is 1.20. The van der Waals surface area contributed by atoms with Crippen LogP contribution in [0.1, 0.15) is 17.3 Å². The first-order valence-electron chi connectivity index (χ1n) is 4.94. The van der Waals surface area contributed by atoms with Gasteiger partial charge in [0, 0.05) is 7.05 Å². The Bertz CT molecular complexity index is 391. The molecule has 0 radical (unpaired) electrons. The number of hydrogen-bond acceptors (Lipinski definition) is 3. The molecule has 0 aliphatic rings. The summed E-state index contributed by atoms with van der Waals surface area (Å²) >= 11 is 0. The van der Waals surface area contributed by atoms with Crippen molar-refractivity contribution < 1.29 is 14.3 Å². The summed E-state index contributed by atoms with van der Waals surface area (Å²) in [4.78, 5) is 22.7. The molecular formula is C11H14N2O3. The molecule has 0 aliphatic heterocycles. The van der Waals surface area contributed by atoms with Crippen LogP contribution in [0.15, 0.2) is 24.3 Å². The van der Waals surface area contributed by atoms with Crippen molar-refractivity contribution in [3.05, 3.63) is 29.8 Å². The monoisotopic (exact) mass is 222 g/mol. The standard InChI is InChI=1S/C11H14N2O3/c1-3-16-11(15)13-9-7-5-4-6-8(9)10(14)12-2/h4-7H,3H2,1-2H3,(H,12,14)(H,13,15). The average Bonchev–Trinajstić information content (AvgIpc) is 2.29. The van der Waals surface area contributed by atoms with Gasteiger partial charge in [0.25, 0.3) is 5.91 Å². The number of nitrogens with one attached hydrogen (secondary N) is 2. The number of carbonyl (C=O) groups is 2. The lowest BCUT2D eigenvalue weighted by Gasteiger charge is -2.09. The lowest BCUT2D eigenvalue weighted by molar-refractivity contribution is 0.0964. The van der Waals surface area contributed by atoms with Crippen molar-refractivity contribution in [3.63, 3.8) is 0 Å². The molecule has 0 unspecified atom stereocenters. The molecule has 0 saturated carbocycles. The summed E-state index contributed by atoms with van der Waals surface area (Å²) in [6, 6.07) is 6.72. The number of hydrogen-bond donors (Lipinski definition) is 2. The number of rotatable bonds is 3. The van der Waals surface area contributed by atoms with Gasteiger partial charge in [-0.1, -0.05) is 12.1 Å². The summed E-state index contributed by atoms with van der Waals surface area (Å²) < 4.78 is 4.73. The van der Waals surface area contributed by atoms with E-state index in [1.165, 1.54) is 7.05 Å². The molecular weight excluding hydrogens is 208 g/mol. The lowest BCUT2D eigenvalue weighted by atomic mass is 10.1. The van der Waals surface area contributed by atoms with Crippen molar-refractivity contribution in [3.8, 4) is 0 Å². The van der Waals surface area contributed by atoms with Gasteiger partial charge in [0.05, 0.1) is 17.9 Å². The van der Waals surface area contributed by atoms with Crippen molar-refractivity contribution in [1.29, 1.82) is 0 Å². The van der Waals surface area contributed by atoms with E-state index in [-0.39, 0.29) is 12.5 Å². The maximum absolute atomic E-state index is 11.5. The highest BCUT2D eigenvalue weighted by molar-refractivity contribution is 6.02. The molecule has 2 N–H and O–H groups in total. The van der Waals surface area contributed by atoms with Crippen molar-refractivity contribution >= 4 is 17.7 Å². The second-order valence-electron chi connectivity index (χ2n) is 2.97. The highest BCUT2D eigenvalue weighted by Gasteiger charge is 2.11. The largest absolute Gasteiger partial charge is 0.450 e. The Hall–Kier alpha value is -2.04. The van der Waals surface area contributed by atoms with Gasteiger partial charge in [0.15, 0.2) is 0 Å². The van der Waals surface area contributed by atoms with Crippen LogP contribution in [-0.4, -0.2) is 25.7 Å². The smallest absolute Gasteiger partial charge is 0.411 e. The molecule has 0 aromatic heterocycles. The van der Waals surface area contributed by atoms with Gasteiger partial charge in [-0.25, -0.2) is 4.79 Å². The zero-order chi connectivity index (χ0) is 12.0. The summed E-state index contributed by atoms with van der Waals surface area (Å²) in [5.41, 5.74) is 0.832. The zero-order valence-corrected chi connectivity index (χ0v) is 9.24. The minimum Gasteiger partial charge on any atom is -0.450 e. The fraction of sp³-hybridized carbons (Fsp3) is 0.273. The number of para-hydroxylation sites is 1. The summed E-state index contributed by atoms with van der Waals surface area (Å²) in [6.45, 7) is 2.00. The highest BCUT2D eigenvalue weighted by atomic mass is 16.5. The van der Waals surface area contributed by atoms with Crippen LogP contribution in [0.3, 0.4) is 0 Å². The van der Waals surface area contributed by atoms with Crippen molar-refractivity contribution in [2.24, 2.45) is 0 Å². The Labute approximate surface area is 93.8 Å². The normalized spacial score (nSPS) is 9.38.